The molecule has 0 saturated heterocycles. The number of carbonyl (C=O) groups excluding carboxylic acids is 2. The van der Waals surface area contributed by atoms with E-state index in [0.717, 1.165) is 18.7 Å². The Morgan fingerprint density at radius 2 is 1.82 bits per heavy atom. The summed E-state index contributed by atoms with van der Waals surface area (Å²) in [5.41, 5.74) is 6.96. The first-order valence-electron chi connectivity index (χ1n) is 7.93. The number of nitrogens with two attached hydrogens (primary N) is 1. The number of nitrogens with one attached hydrogen (secondary N) is 1. The van der Waals surface area contributed by atoms with Crippen molar-refractivity contribution in [3.05, 3.63) is 35.9 Å². The van der Waals surface area contributed by atoms with Crippen molar-refractivity contribution in [1.29, 1.82) is 0 Å². The molecule has 2 amide bonds. The van der Waals surface area contributed by atoms with Crippen molar-refractivity contribution in [2.24, 2.45) is 5.73 Å². The maximum Gasteiger partial charge on any atom is 0.222 e. The van der Waals surface area contributed by atoms with E-state index in [1.165, 1.54) is 0 Å². The van der Waals surface area contributed by atoms with E-state index in [0.29, 0.717) is 19.4 Å². The third kappa shape index (κ3) is 6.26. The van der Waals surface area contributed by atoms with Gasteiger partial charge in [0.05, 0.1) is 0 Å². The van der Waals surface area contributed by atoms with E-state index in [-0.39, 0.29) is 24.3 Å². The van der Waals surface area contributed by atoms with Crippen LogP contribution in [-0.2, 0) is 9.59 Å². The quantitative estimate of drug-likeness (QED) is 0.684. The molecule has 5 nitrogen and oxygen atoms in total. The average Bonchev–Trinajstić information content (AvgIpc) is 2.53. The molecular formula is C17H27N3O2. The van der Waals surface area contributed by atoms with Crippen LogP contribution in [0.1, 0.15) is 44.7 Å². The summed E-state index contributed by atoms with van der Waals surface area (Å²) in [4.78, 5) is 25.4. The molecule has 5 heteroatoms. The summed E-state index contributed by atoms with van der Waals surface area (Å²) in [5, 5.41) is 2.82. The third-order valence-electron chi connectivity index (χ3n) is 3.64. The lowest BCUT2D eigenvalue weighted by atomic mass is 10.0. The summed E-state index contributed by atoms with van der Waals surface area (Å²) < 4.78 is 0. The highest BCUT2D eigenvalue weighted by Crippen LogP contribution is 2.12. The first-order chi connectivity index (χ1) is 10.6. The number of nitrogens with zero attached hydrogens (tertiary/aromatic N) is 1. The molecule has 3 N–H and O–H groups in total. The summed E-state index contributed by atoms with van der Waals surface area (Å²) in [7, 11) is 0. The van der Waals surface area contributed by atoms with Crippen LogP contribution in [0, 0.1) is 0 Å². The number of carbonyl (C=O) groups is 2. The zero-order valence-electron chi connectivity index (χ0n) is 13.5. The van der Waals surface area contributed by atoms with E-state index in [4.69, 9.17) is 5.73 Å². The molecule has 0 saturated carbocycles. The molecule has 122 valence electrons. The zero-order chi connectivity index (χ0) is 16.4. The van der Waals surface area contributed by atoms with E-state index in [1.807, 2.05) is 44.2 Å². The maximum absolute atomic E-state index is 11.8. The van der Waals surface area contributed by atoms with Crippen molar-refractivity contribution in [3.8, 4) is 0 Å². The Kier molecular flexibility index (Phi) is 8.22. The molecule has 0 bridgehead atoms. The van der Waals surface area contributed by atoms with E-state index in [9.17, 15) is 9.59 Å². The fraction of sp³-hybridized carbons (Fsp3) is 0.529. The zero-order valence-corrected chi connectivity index (χ0v) is 13.5. The second-order valence-electron chi connectivity index (χ2n) is 5.24. The van der Waals surface area contributed by atoms with Crippen LogP contribution in [0.3, 0.4) is 0 Å². The van der Waals surface area contributed by atoms with Gasteiger partial charge in [-0.25, -0.2) is 0 Å². The first-order valence-corrected chi connectivity index (χ1v) is 7.93. The highest BCUT2D eigenvalue weighted by atomic mass is 16.2. The van der Waals surface area contributed by atoms with Crippen LogP contribution in [0.15, 0.2) is 30.3 Å². The van der Waals surface area contributed by atoms with E-state index in [1.54, 1.807) is 4.90 Å². The molecule has 0 radical (unpaired) electrons. The Labute approximate surface area is 132 Å². The topological polar surface area (TPSA) is 75.4 Å². The lowest BCUT2D eigenvalue weighted by Crippen LogP contribution is -2.32. The van der Waals surface area contributed by atoms with Crippen LogP contribution in [0.5, 0.6) is 0 Å². The van der Waals surface area contributed by atoms with Crippen LogP contribution in [0.25, 0.3) is 0 Å². The van der Waals surface area contributed by atoms with Gasteiger partial charge >= 0.3 is 0 Å². The Morgan fingerprint density at radius 1 is 1.18 bits per heavy atom. The number of rotatable bonds is 9. The number of hydrogen-bond acceptors (Lipinski definition) is 3. The van der Waals surface area contributed by atoms with Gasteiger partial charge in [-0.1, -0.05) is 30.3 Å². The van der Waals surface area contributed by atoms with Crippen LogP contribution in [0.2, 0.25) is 0 Å². The number of hydrogen-bond donors (Lipinski definition) is 2. The van der Waals surface area contributed by atoms with Crippen LogP contribution < -0.4 is 11.1 Å². The largest absolute Gasteiger partial charge is 0.356 e. The molecule has 0 aromatic heterocycles. The molecule has 1 unspecified atom stereocenters. The molecule has 0 heterocycles. The maximum atomic E-state index is 11.8. The SMILES string of the molecule is CCN(CC)C(=O)CCCNC(=O)CC(N)c1ccccc1. The average molecular weight is 305 g/mol. The van der Waals surface area contributed by atoms with E-state index in [2.05, 4.69) is 5.32 Å². The fourth-order valence-electron chi connectivity index (χ4n) is 2.29. The smallest absolute Gasteiger partial charge is 0.222 e. The standard InChI is InChI=1S/C17H27N3O2/c1-3-20(4-2)17(22)11-8-12-19-16(21)13-15(18)14-9-6-5-7-10-14/h5-7,9-10,15H,3-4,8,11-13,18H2,1-2H3,(H,19,21). The minimum atomic E-state index is -0.293. The summed E-state index contributed by atoms with van der Waals surface area (Å²) in [6, 6.07) is 9.28. The monoisotopic (exact) mass is 305 g/mol. The minimum Gasteiger partial charge on any atom is -0.356 e. The molecule has 0 aliphatic heterocycles. The molecule has 0 spiro atoms. The van der Waals surface area contributed by atoms with Gasteiger partial charge in [0.2, 0.25) is 11.8 Å². The molecule has 1 aromatic carbocycles. The van der Waals surface area contributed by atoms with Gasteiger partial charge in [-0.15, -0.1) is 0 Å². The molecule has 0 aliphatic carbocycles. The van der Waals surface area contributed by atoms with Gasteiger partial charge in [0.25, 0.3) is 0 Å². The van der Waals surface area contributed by atoms with Gasteiger partial charge in [-0.2, -0.15) is 0 Å². The lowest BCUT2D eigenvalue weighted by molar-refractivity contribution is -0.131. The van der Waals surface area contributed by atoms with Crippen LogP contribution >= 0.6 is 0 Å². The first kappa shape index (κ1) is 18.2. The number of amides is 2. The van der Waals surface area contributed by atoms with Crippen LogP contribution in [-0.4, -0.2) is 36.3 Å². The summed E-state index contributed by atoms with van der Waals surface area (Å²) in [6.45, 7) is 5.90. The molecule has 22 heavy (non-hydrogen) atoms. The van der Waals surface area contributed by atoms with Crippen LogP contribution in [0.4, 0.5) is 0 Å². The third-order valence-corrected chi connectivity index (χ3v) is 3.64. The van der Waals surface area contributed by atoms with Gasteiger partial charge in [-0.05, 0) is 25.8 Å². The summed E-state index contributed by atoms with van der Waals surface area (Å²) in [5.74, 6) is 0.0619. The van der Waals surface area contributed by atoms with Gasteiger partial charge in [-0.3, -0.25) is 9.59 Å². The Morgan fingerprint density at radius 3 is 2.41 bits per heavy atom. The predicted octanol–water partition coefficient (Wildman–Crippen LogP) is 1.84. The minimum absolute atomic E-state index is 0.0772. The highest BCUT2D eigenvalue weighted by molar-refractivity contribution is 5.77. The molecule has 0 fully saturated rings. The van der Waals surface area contributed by atoms with Crippen molar-refractivity contribution >= 4 is 11.8 Å². The molecule has 1 atom stereocenters. The van der Waals surface area contributed by atoms with Gasteiger partial charge in [0.15, 0.2) is 0 Å². The highest BCUT2D eigenvalue weighted by Gasteiger charge is 2.12. The van der Waals surface area contributed by atoms with Crippen molar-refractivity contribution in [1.82, 2.24) is 10.2 Å². The predicted molar refractivity (Wildman–Crippen MR) is 88.2 cm³/mol. The van der Waals surface area contributed by atoms with Crippen molar-refractivity contribution in [2.45, 2.75) is 39.2 Å². The van der Waals surface area contributed by atoms with E-state index >= 15 is 0 Å². The second-order valence-corrected chi connectivity index (χ2v) is 5.24. The van der Waals surface area contributed by atoms with Crippen molar-refractivity contribution in [2.75, 3.05) is 19.6 Å². The Balaban J connectivity index is 2.22. The molecule has 1 rings (SSSR count). The Bertz CT molecular complexity index is 458. The normalized spacial score (nSPS) is 11.8. The Hall–Kier alpha value is -1.88. The van der Waals surface area contributed by atoms with E-state index < -0.39 is 0 Å². The number of benzene rings is 1. The van der Waals surface area contributed by atoms with Gasteiger partial charge in [0.1, 0.15) is 0 Å². The fourth-order valence-corrected chi connectivity index (χ4v) is 2.29. The van der Waals surface area contributed by atoms with Crippen molar-refractivity contribution in [3.63, 3.8) is 0 Å². The van der Waals surface area contributed by atoms with Crippen molar-refractivity contribution < 1.29 is 9.59 Å². The van der Waals surface area contributed by atoms with Gasteiger partial charge in [0, 0.05) is 38.5 Å². The molecule has 1 aromatic rings. The summed E-state index contributed by atoms with van der Waals surface area (Å²) in [6.07, 6.45) is 1.38. The molecular weight excluding hydrogens is 278 g/mol. The molecule has 0 aliphatic rings. The summed E-state index contributed by atoms with van der Waals surface area (Å²) >= 11 is 0. The van der Waals surface area contributed by atoms with Gasteiger partial charge < -0.3 is 16.0 Å². The lowest BCUT2D eigenvalue weighted by Gasteiger charge is -2.18. The second kappa shape index (κ2) is 9.95.